The first-order valence-corrected chi connectivity index (χ1v) is 3.87. The summed E-state index contributed by atoms with van der Waals surface area (Å²) in [5.74, 6) is -0.386. The number of hydrogen-bond donors (Lipinski definition) is 1. The van der Waals surface area contributed by atoms with Gasteiger partial charge in [0.25, 0.3) is 0 Å². The Bertz CT molecular complexity index is 116. The quantitative estimate of drug-likeness (QED) is 0.618. The molecule has 0 fully saturated rings. The predicted octanol–water partition coefficient (Wildman–Crippen LogP) is 1.35. The molecule has 0 aliphatic heterocycles. The van der Waals surface area contributed by atoms with Crippen LogP contribution in [-0.2, 0) is 9.63 Å². The molecule has 0 heterocycles. The molecule has 0 aromatic carbocycles. The average molecular weight is 161 g/mol. The predicted molar refractivity (Wildman–Crippen MR) is 39.8 cm³/mol. The molecule has 0 bridgehead atoms. The van der Waals surface area contributed by atoms with Gasteiger partial charge in [0.05, 0.1) is 6.54 Å². The average Bonchev–Trinajstić information content (AvgIpc) is 1.87. The van der Waals surface area contributed by atoms with Crippen LogP contribution in [0.1, 0.15) is 33.1 Å². The first-order valence-electron chi connectivity index (χ1n) is 3.87. The summed E-state index contributed by atoms with van der Waals surface area (Å²) < 4.78 is 0. The van der Waals surface area contributed by atoms with Gasteiger partial charge in [0, 0.05) is 6.42 Å². The standard InChI is InChI=1S/C7H15NO3/c1-3-5-7(9)11-8(10)6-4-2/h10H,3-6H2,1-2H3. The van der Waals surface area contributed by atoms with Gasteiger partial charge in [-0.1, -0.05) is 13.8 Å². The molecule has 0 rings (SSSR count). The smallest absolute Gasteiger partial charge is 0.328 e. The lowest BCUT2D eigenvalue weighted by Gasteiger charge is -2.11. The summed E-state index contributed by atoms with van der Waals surface area (Å²) in [5, 5.41) is 9.42. The number of nitrogens with zero attached hydrogens (tertiary/aromatic N) is 1. The fourth-order valence-electron chi connectivity index (χ4n) is 0.604. The van der Waals surface area contributed by atoms with E-state index >= 15 is 0 Å². The fraction of sp³-hybridized carbons (Fsp3) is 0.857. The minimum Gasteiger partial charge on any atom is -0.343 e. The third kappa shape index (κ3) is 5.82. The van der Waals surface area contributed by atoms with E-state index in [4.69, 9.17) is 5.21 Å². The zero-order valence-electron chi connectivity index (χ0n) is 7.04. The van der Waals surface area contributed by atoms with Crippen molar-refractivity contribution in [2.75, 3.05) is 6.54 Å². The zero-order chi connectivity index (χ0) is 8.69. The Morgan fingerprint density at radius 3 is 2.55 bits per heavy atom. The molecular weight excluding hydrogens is 146 g/mol. The Hall–Kier alpha value is -0.610. The van der Waals surface area contributed by atoms with Crippen molar-refractivity contribution >= 4 is 5.97 Å². The second-order valence-corrected chi connectivity index (χ2v) is 2.29. The molecule has 0 aromatic heterocycles. The number of hydroxylamine groups is 2. The molecule has 1 N–H and O–H groups in total. The summed E-state index contributed by atoms with van der Waals surface area (Å²) in [6.07, 6.45) is 1.83. The van der Waals surface area contributed by atoms with E-state index in [9.17, 15) is 4.79 Å². The maximum atomic E-state index is 10.7. The van der Waals surface area contributed by atoms with Gasteiger partial charge in [-0.3, -0.25) is 10.0 Å². The van der Waals surface area contributed by atoms with Crippen molar-refractivity contribution in [3.8, 4) is 0 Å². The molecule has 0 saturated carbocycles. The van der Waals surface area contributed by atoms with E-state index in [1.54, 1.807) is 0 Å². The monoisotopic (exact) mass is 161 g/mol. The Morgan fingerprint density at radius 2 is 2.09 bits per heavy atom. The van der Waals surface area contributed by atoms with Crippen LogP contribution in [0.3, 0.4) is 0 Å². The van der Waals surface area contributed by atoms with Crippen LogP contribution in [0.5, 0.6) is 0 Å². The second-order valence-electron chi connectivity index (χ2n) is 2.29. The van der Waals surface area contributed by atoms with Crippen molar-refractivity contribution < 1.29 is 14.8 Å². The molecule has 66 valence electrons. The Balaban J connectivity index is 3.40. The van der Waals surface area contributed by atoms with Crippen molar-refractivity contribution in [1.29, 1.82) is 0 Å². The van der Waals surface area contributed by atoms with E-state index in [0.717, 1.165) is 12.8 Å². The van der Waals surface area contributed by atoms with Crippen LogP contribution in [0.15, 0.2) is 0 Å². The van der Waals surface area contributed by atoms with Gasteiger partial charge in [0.1, 0.15) is 0 Å². The van der Waals surface area contributed by atoms with Gasteiger partial charge in [-0.15, -0.1) is 0 Å². The highest BCUT2D eigenvalue weighted by Gasteiger charge is 2.05. The molecule has 0 unspecified atom stereocenters. The molecule has 11 heavy (non-hydrogen) atoms. The summed E-state index contributed by atoms with van der Waals surface area (Å²) in [7, 11) is 0. The third-order valence-corrected chi connectivity index (χ3v) is 1.08. The van der Waals surface area contributed by atoms with Crippen LogP contribution in [0.25, 0.3) is 0 Å². The summed E-state index contributed by atoms with van der Waals surface area (Å²) in [6.45, 7) is 4.12. The number of rotatable bonds is 5. The summed E-state index contributed by atoms with van der Waals surface area (Å²) in [6, 6.07) is 0. The maximum Gasteiger partial charge on any atom is 0.328 e. The van der Waals surface area contributed by atoms with Crippen molar-refractivity contribution in [2.45, 2.75) is 33.1 Å². The van der Waals surface area contributed by atoms with Gasteiger partial charge >= 0.3 is 5.97 Å². The van der Waals surface area contributed by atoms with Gasteiger partial charge in [-0.05, 0) is 18.1 Å². The molecule has 0 atom stereocenters. The minimum atomic E-state index is -0.386. The largest absolute Gasteiger partial charge is 0.343 e. The second kappa shape index (κ2) is 6.12. The van der Waals surface area contributed by atoms with Crippen LogP contribution in [-0.4, -0.2) is 22.9 Å². The summed E-state index contributed by atoms with van der Waals surface area (Å²) in [4.78, 5) is 15.2. The van der Waals surface area contributed by atoms with Gasteiger partial charge in [0.2, 0.25) is 0 Å². The highest BCUT2D eigenvalue weighted by atomic mass is 16.9. The molecule has 0 aliphatic rings. The highest BCUT2D eigenvalue weighted by Crippen LogP contribution is 1.94. The van der Waals surface area contributed by atoms with Crippen molar-refractivity contribution in [1.82, 2.24) is 5.23 Å². The van der Waals surface area contributed by atoms with Crippen molar-refractivity contribution in [2.24, 2.45) is 0 Å². The molecule has 0 aromatic rings. The molecule has 4 nitrogen and oxygen atoms in total. The summed E-state index contributed by atoms with van der Waals surface area (Å²) in [5.41, 5.74) is 0. The van der Waals surface area contributed by atoms with E-state index in [0.29, 0.717) is 18.2 Å². The SMILES string of the molecule is CCCC(=O)ON(O)CCC. The van der Waals surface area contributed by atoms with Gasteiger partial charge in [-0.2, -0.15) is 0 Å². The van der Waals surface area contributed by atoms with Crippen molar-refractivity contribution in [3.63, 3.8) is 0 Å². The lowest BCUT2D eigenvalue weighted by Crippen LogP contribution is -2.24. The fourth-order valence-corrected chi connectivity index (χ4v) is 0.604. The van der Waals surface area contributed by atoms with E-state index in [2.05, 4.69) is 4.84 Å². The van der Waals surface area contributed by atoms with E-state index in [-0.39, 0.29) is 5.97 Å². The van der Waals surface area contributed by atoms with Crippen LogP contribution in [0, 0.1) is 0 Å². The number of hydrogen-bond acceptors (Lipinski definition) is 4. The number of carbonyl (C=O) groups excluding carboxylic acids is 1. The first kappa shape index (κ1) is 10.4. The number of carbonyl (C=O) groups is 1. The lowest BCUT2D eigenvalue weighted by atomic mass is 10.3. The van der Waals surface area contributed by atoms with Crippen LogP contribution < -0.4 is 0 Å². The molecule has 0 aliphatic carbocycles. The van der Waals surface area contributed by atoms with Crippen LogP contribution in [0.2, 0.25) is 0 Å². The van der Waals surface area contributed by atoms with E-state index in [1.165, 1.54) is 0 Å². The lowest BCUT2D eigenvalue weighted by molar-refractivity contribution is -0.317. The maximum absolute atomic E-state index is 10.7. The molecule has 0 amide bonds. The van der Waals surface area contributed by atoms with Crippen molar-refractivity contribution in [3.05, 3.63) is 0 Å². The van der Waals surface area contributed by atoms with E-state index in [1.807, 2.05) is 13.8 Å². The van der Waals surface area contributed by atoms with Crippen LogP contribution in [0.4, 0.5) is 0 Å². The Morgan fingerprint density at radius 1 is 1.45 bits per heavy atom. The normalized spacial score (nSPS) is 10.2. The minimum absolute atomic E-state index is 0.348. The molecule has 0 saturated heterocycles. The summed E-state index contributed by atoms with van der Waals surface area (Å²) >= 11 is 0. The molecule has 4 heteroatoms. The first-order chi connectivity index (χ1) is 5.20. The van der Waals surface area contributed by atoms with Gasteiger partial charge in [-0.25, -0.2) is 0 Å². The molecular formula is C7H15NO3. The third-order valence-electron chi connectivity index (χ3n) is 1.08. The Labute approximate surface area is 66.7 Å². The van der Waals surface area contributed by atoms with E-state index < -0.39 is 0 Å². The Kier molecular flexibility index (Phi) is 5.78. The molecule has 0 radical (unpaired) electrons. The topological polar surface area (TPSA) is 49.8 Å². The molecule has 0 spiro atoms. The zero-order valence-corrected chi connectivity index (χ0v) is 7.04. The van der Waals surface area contributed by atoms with Gasteiger partial charge in [0.15, 0.2) is 0 Å². The van der Waals surface area contributed by atoms with Gasteiger partial charge < -0.3 is 4.84 Å². The van der Waals surface area contributed by atoms with Crippen LogP contribution >= 0.6 is 0 Å². The highest BCUT2D eigenvalue weighted by molar-refractivity contribution is 5.68.